The van der Waals surface area contributed by atoms with Crippen LogP contribution in [0.2, 0.25) is 0 Å². The Balaban J connectivity index is 2.75. The lowest BCUT2D eigenvalue weighted by Crippen LogP contribution is -2.00. The van der Waals surface area contributed by atoms with Crippen molar-refractivity contribution in [1.82, 2.24) is 0 Å². The predicted octanol–water partition coefficient (Wildman–Crippen LogP) is 3.92. The average molecular weight is 308 g/mol. The molecule has 0 atom stereocenters. The van der Waals surface area contributed by atoms with Gasteiger partial charge in [-0.1, -0.05) is 13.3 Å². The molecule has 0 fully saturated rings. The van der Waals surface area contributed by atoms with Crippen molar-refractivity contribution >= 4 is 22.6 Å². The van der Waals surface area contributed by atoms with Crippen molar-refractivity contribution in [2.75, 3.05) is 6.61 Å². The second-order valence-electron chi connectivity index (χ2n) is 3.24. The molecule has 3 heteroatoms. The van der Waals surface area contributed by atoms with Crippen LogP contribution >= 0.6 is 22.6 Å². The average Bonchev–Trinajstić information content (AvgIpc) is 2.09. The van der Waals surface area contributed by atoms with Gasteiger partial charge in [0.1, 0.15) is 11.6 Å². The normalized spacial score (nSPS) is 10.3. The molecule has 0 radical (unpaired) electrons. The summed E-state index contributed by atoms with van der Waals surface area (Å²) in [6.45, 7) is 4.69. The fourth-order valence-electron chi connectivity index (χ4n) is 1.19. The number of rotatable bonds is 4. The highest BCUT2D eigenvalue weighted by Gasteiger charge is 2.06. The summed E-state index contributed by atoms with van der Waals surface area (Å²) >= 11 is 2.10. The summed E-state index contributed by atoms with van der Waals surface area (Å²) in [6, 6.07) is 3.00. The van der Waals surface area contributed by atoms with Gasteiger partial charge in [0.2, 0.25) is 0 Å². The summed E-state index contributed by atoms with van der Waals surface area (Å²) in [7, 11) is 0. The van der Waals surface area contributed by atoms with Gasteiger partial charge in [0, 0.05) is 0 Å². The van der Waals surface area contributed by atoms with Crippen LogP contribution in [0.3, 0.4) is 0 Å². The summed E-state index contributed by atoms with van der Waals surface area (Å²) in [5.41, 5.74) is 0.866. The molecule has 0 aliphatic heterocycles. The van der Waals surface area contributed by atoms with Crippen LogP contribution in [0.1, 0.15) is 25.3 Å². The van der Waals surface area contributed by atoms with Crippen molar-refractivity contribution in [3.63, 3.8) is 0 Å². The Morgan fingerprint density at radius 2 is 2.14 bits per heavy atom. The second-order valence-corrected chi connectivity index (χ2v) is 4.40. The summed E-state index contributed by atoms with van der Waals surface area (Å²) < 4.78 is 19.4. The standard InChI is InChI=1S/C11H14FIO/c1-3-4-5-14-11-8(2)6-9(12)7-10(11)13/h6-7H,3-5H2,1-2H3. The van der Waals surface area contributed by atoms with Crippen LogP contribution in [-0.4, -0.2) is 6.61 Å². The lowest BCUT2D eigenvalue weighted by Gasteiger charge is -2.10. The molecule has 0 saturated carbocycles. The SMILES string of the molecule is CCCCOc1c(C)cc(F)cc1I. The Morgan fingerprint density at radius 3 is 2.71 bits per heavy atom. The molecule has 0 bridgehead atoms. The van der Waals surface area contributed by atoms with E-state index in [0.29, 0.717) is 6.61 Å². The van der Waals surface area contributed by atoms with Crippen molar-refractivity contribution in [1.29, 1.82) is 0 Å². The van der Waals surface area contributed by atoms with Crippen LogP contribution in [0.25, 0.3) is 0 Å². The van der Waals surface area contributed by atoms with Gasteiger partial charge in [-0.15, -0.1) is 0 Å². The number of hydrogen-bond acceptors (Lipinski definition) is 1. The Labute approximate surface area is 97.8 Å². The van der Waals surface area contributed by atoms with E-state index in [1.54, 1.807) is 0 Å². The number of hydrogen-bond donors (Lipinski definition) is 0. The van der Waals surface area contributed by atoms with Gasteiger partial charge in [0.25, 0.3) is 0 Å². The number of benzene rings is 1. The molecule has 0 heterocycles. The number of ether oxygens (including phenoxy) is 1. The van der Waals surface area contributed by atoms with Crippen molar-refractivity contribution in [2.45, 2.75) is 26.7 Å². The molecule has 0 aliphatic rings. The highest BCUT2D eigenvalue weighted by atomic mass is 127. The molecule has 1 aromatic carbocycles. The zero-order valence-corrected chi connectivity index (χ0v) is 10.6. The Kier molecular flexibility index (Phi) is 4.65. The molecule has 1 aromatic rings. The van der Waals surface area contributed by atoms with Gasteiger partial charge in [-0.2, -0.15) is 0 Å². The van der Waals surface area contributed by atoms with E-state index in [1.807, 2.05) is 6.92 Å². The maximum atomic E-state index is 12.9. The first-order valence-corrected chi connectivity index (χ1v) is 5.81. The van der Waals surface area contributed by atoms with E-state index >= 15 is 0 Å². The fourth-order valence-corrected chi connectivity index (χ4v) is 2.07. The predicted molar refractivity (Wildman–Crippen MR) is 64.3 cm³/mol. The van der Waals surface area contributed by atoms with Crippen molar-refractivity contribution in [2.24, 2.45) is 0 Å². The van der Waals surface area contributed by atoms with E-state index in [-0.39, 0.29) is 5.82 Å². The van der Waals surface area contributed by atoms with Crippen LogP contribution in [0.4, 0.5) is 4.39 Å². The van der Waals surface area contributed by atoms with Gasteiger partial charge >= 0.3 is 0 Å². The maximum Gasteiger partial charge on any atom is 0.135 e. The van der Waals surface area contributed by atoms with Crippen LogP contribution in [0, 0.1) is 16.3 Å². The van der Waals surface area contributed by atoms with Gasteiger partial charge in [-0.05, 0) is 53.6 Å². The maximum absolute atomic E-state index is 12.9. The van der Waals surface area contributed by atoms with E-state index in [4.69, 9.17) is 4.74 Å². The Hall–Kier alpha value is -0.320. The summed E-state index contributed by atoms with van der Waals surface area (Å²) in [5.74, 6) is 0.621. The summed E-state index contributed by atoms with van der Waals surface area (Å²) in [6.07, 6.45) is 2.14. The first-order valence-electron chi connectivity index (χ1n) is 4.73. The lowest BCUT2D eigenvalue weighted by molar-refractivity contribution is 0.304. The number of unbranched alkanes of at least 4 members (excludes halogenated alkanes) is 1. The molecule has 0 saturated heterocycles. The third-order valence-electron chi connectivity index (χ3n) is 1.94. The molecule has 0 spiro atoms. The van der Waals surface area contributed by atoms with E-state index in [9.17, 15) is 4.39 Å². The largest absolute Gasteiger partial charge is 0.492 e. The number of halogens is 2. The van der Waals surface area contributed by atoms with Gasteiger partial charge in [-0.25, -0.2) is 4.39 Å². The highest BCUT2D eigenvalue weighted by Crippen LogP contribution is 2.26. The lowest BCUT2D eigenvalue weighted by atomic mass is 10.2. The van der Waals surface area contributed by atoms with E-state index < -0.39 is 0 Å². The zero-order valence-electron chi connectivity index (χ0n) is 8.44. The molecule has 14 heavy (non-hydrogen) atoms. The summed E-state index contributed by atoms with van der Waals surface area (Å²) in [5, 5.41) is 0. The van der Waals surface area contributed by atoms with E-state index in [2.05, 4.69) is 29.5 Å². The van der Waals surface area contributed by atoms with Crippen molar-refractivity contribution in [3.05, 3.63) is 27.1 Å². The molecule has 0 amide bonds. The zero-order chi connectivity index (χ0) is 10.6. The topological polar surface area (TPSA) is 9.23 Å². The van der Waals surface area contributed by atoms with E-state index in [0.717, 1.165) is 27.7 Å². The third kappa shape index (κ3) is 3.12. The minimum Gasteiger partial charge on any atom is -0.492 e. The molecule has 0 unspecified atom stereocenters. The molecular formula is C11H14FIO. The van der Waals surface area contributed by atoms with Gasteiger partial charge < -0.3 is 4.74 Å². The monoisotopic (exact) mass is 308 g/mol. The molecule has 78 valence electrons. The highest BCUT2D eigenvalue weighted by molar-refractivity contribution is 14.1. The molecule has 0 aliphatic carbocycles. The minimum absolute atomic E-state index is 0.199. The molecule has 1 rings (SSSR count). The van der Waals surface area contributed by atoms with Crippen LogP contribution in [0.15, 0.2) is 12.1 Å². The third-order valence-corrected chi connectivity index (χ3v) is 2.74. The summed E-state index contributed by atoms with van der Waals surface area (Å²) in [4.78, 5) is 0. The van der Waals surface area contributed by atoms with Gasteiger partial charge in [0.05, 0.1) is 10.2 Å². The number of aryl methyl sites for hydroxylation is 1. The molecule has 0 N–H and O–H groups in total. The smallest absolute Gasteiger partial charge is 0.135 e. The van der Waals surface area contributed by atoms with Gasteiger partial charge in [0.15, 0.2) is 0 Å². The van der Waals surface area contributed by atoms with Crippen molar-refractivity contribution < 1.29 is 9.13 Å². The van der Waals surface area contributed by atoms with Crippen LogP contribution in [0.5, 0.6) is 5.75 Å². The molecular weight excluding hydrogens is 294 g/mol. The van der Waals surface area contributed by atoms with Crippen LogP contribution < -0.4 is 4.74 Å². The van der Waals surface area contributed by atoms with Gasteiger partial charge in [-0.3, -0.25) is 0 Å². The molecule has 0 aromatic heterocycles. The van der Waals surface area contributed by atoms with E-state index in [1.165, 1.54) is 12.1 Å². The van der Waals surface area contributed by atoms with Crippen LogP contribution in [-0.2, 0) is 0 Å². The Morgan fingerprint density at radius 1 is 1.43 bits per heavy atom. The minimum atomic E-state index is -0.199. The fraction of sp³-hybridized carbons (Fsp3) is 0.455. The quantitative estimate of drug-likeness (QED) is 0.605. The molecule has 1 nitrogen and oxygen atoms in total. The Bertz CT molecular complexity index is 289. The first-order chi connectivity index (χ1) is 6.65. The first kappa shape index (κ1) is 11.8. The second kappa shape index (κ2) is 5.53. The van der Waals surface area contributed by atoms with Crippen molar-refractivity contribution in [3.8, 4) is 5.75 Å².